The highest BCUT2D eigenvalue weighted by atomic mass is 32.2. The molecule has 0 aromatic heterocycles. The summed E-state index contributed by atoms with van der Waals surface area (Å²) in [5.41, 5.74) is -0.410. The first-order valence-corrected chi connectivity index (χ1v) is 8.14. The van der Waals surface area contributed by atoms with E-state index in [2.05, 4.69) is 23.9 Å². The van der Waals surface area contributed by atoms with Crippen LogP contribution in [-0.4, -0.2) is 44.5 Å². The monoisotopic (exact) mass is 278 g/mol. The smallest absolute Gasteiger partial charge is 0.212 e. The molecule has 0 aromatic carbocycles. The number of hydrogen-bond donors (Lipinski definition) is 2. The molecule has 2 N–H and O–H groups in total. The van der Waals surface area contributed by atoms with E-state index >= 15 is 0 Å². The third kappa shape index (κ3) is 4.50. The normalized spacial score (nSPS) is 26.4. The number of hydrogen-bond acceptors (Lipinski definition) is 4. The van der Waals surface area contributed by atoms with Crippen molar-refractivity contribution < 1.29 is 13.2 Å². The van der Waals surface area contributed by atoms with Gasteiger partial charge in [-0.25, -0.2) is 13.1 Å². The van der Waals surface area contributed by atoms with Gasteiger partial charge in [0.25, 0.3) is 0 Å². The Bertz CT molecular complexity index is 377. The molecule has 0 aromatic rings. The molecule has 0 radical (unpaired) electrons. The zero-order valence-electron chi connectivity index (χ0n) is 12.0. The Hall–Kier alpha value is -0.170. The summed E-state index contributed by atoms with van der Waals surface area (Å²) in [6.45, 7) is 10.9. The first-order chi connectivity index (χ1) is 8.08. The summed E-state index contributed by atoms with van der Waals surface area (Å²) in [4.78, 5) is 0. The molecule has 1 unspecified atom stereocenters. The summed E-state index contributed by atoms with van der Waals surface area (Å²) in [6, 6.07) is 0.185. The van der Waals surface area contributed by atoms with E-state index in [-0.39, 0.29) is 23.0 Å². The lowest BCUT2D eigenvalue weighted by Crippen LogP contribution is -2.45. The predicted molar refractivity (Wildman–Crippen MR) is 73.1 cm³/mol. The summed E-state index contributed by atoms with van der Waals surface area (Å²) in [7, 11) is -3.14. The van der Waals surface area contributed by atoms with Gasteiger partial charge in [0.1, 0.15) is 0 Å². The minimum Gasteiger partial charge on any atom is -0.368 e. The third-order valence-corrected chi connectivity index (χ3v) is 4.67. The molecule has 6 heteroatoms. The zero-order chi connectivity index (χ0) is 14.0. The van der Waals surface area contributed by atoms with Crippen molar-refractivity contribution in [3.05, 3.63) is 0 Å². The first-order valence-electron chi connectivity index (χ1n) is 6.49. The lowest BCUT2D eigenvalue weighted by Gasteiger charge is -2.27. The van der Waals surface area contributed by atoms with Gasteiger partial charge in [0.15, 0.2) is 0 Å². The molecule has 5 nitrogen and oxygen atoms in total. The SMILES string of the molecule is CCNS(=O)(=O)CCNC1CC(C)(C)OC1(C)C. The fourth-order valence-electron chi connectivity index (χ4n) is 2.54. The van der Waals surface area contributed by atoms with Crippen LogP contribution in [0.2, 0.25) is 0 Å². The maximum atomic E-state index is 11.5. The summed E-state index contributed by atoms with van der Waals surface area (Å²) >= 11 is 0. The average Bonchev–Trinajstić information content (AvgIpc) is 2.33. The van der Waals surface area contributed by atoms with Crippen molar-refractivity contribution in [1.82, 2.24) is 10.0 Å². The van der Waals surface area contributed by atoms with Crippen LogP contribution in [0.25, 0.3) is 0 Å². The first kappa shape index (κ1) is 15.9. The molecule has 0 bridgehead atoms. The van der Waals surface area contributed by atoms with E-state index in [1.54, 1.807) is 6.92 Å². The maximum absolute atomic E-state index is 11.5. The van der Waals surface area contributed by atoms with Crippen molar-refractivity contribution in [3.63, 3.8) is 0 Å². The van der Waals surface area contributed by atoms with Crippen LogP contribution in [0, 0.1) is 0 Å². The third-order valence-electron chi connectivity index (χ3n) is 3.20. The second kappa shape index (κ2) is 5.45. The fourth-order valence-corrected chi connectivity index (χ4v) is 3.51. The van der Waals surface area contributed by atoms with Crippen LogP contribution in [0.5, 0.6) is 0 Å². The quantitative estimate of drug-likeness (QED) is 0.756. The van der Waals surface area contributed by atoms with Gasteiger partial charge in [0.2, 0.25) is 10.0 Å². The van der Waals surface area contributed by atoms with Gasteiger partial charge >= 0.3 is 0 Å². The van der Waals surface area contributed by atoms with Crippen LogP contribution in [-0.2, 0) is 14.8 Å². The van der Waals surface area contributed by atoms with Gasteiger partial charge in [-0.05, 0) is 34.1 Å². The van der Waals surface area contributed by atoms with E-state index in [0.29, 0.717) is 13.1 Å². The molecule has 1 aliphatic heterocycles. The molecule has 1 rings (SSSR count). The predicted octanol–water partition coefficient (Wildman–Crippen LogP) is 0.861. The molecular weight excluding hydrogens is 252 g/mol. The summed E-state index contributed by atoms with van der Waals surface area (Å²) < 4.78 is 31.5. The minimum absolute atomic E-state index is 0.105. The lowest BCUT2D eigenvalue weighted by atomic mass is 9.94. The average molecular weight is 278 g/mol. The molecule has 1 fully saturated rings. The highest BCUT2D eigenvalue weighted by Crippen LogP contribution is 2.37. The van der Waals surface area contributed by atoms with E-state index in [0.717, 1.165) is 6.42 Å². The second-order valence-corrected chi connectivity index (χ2v) is 7.92. The van der Waals surface area contributed by atoms with Crippen molar-refractivity contribution in [3.8, 4) is 0 Å². The molecule has 0 amide bonds. The van der Waals surface area contributed by atoms with Crippen LogP contribution in [0.15, 0.2) is 0 Å². The van der Waals surface area contributed by atoms with Crippen LogP contribution in [0.3, 0.4) is 0 Å². The Labute approximate surface area is 111 Å². The Kier molecular flexibility index (Phi) is 4.81. The van der Waals surface area contributed by atoms with E-state index in [4.69, 9.17) is 4.74 Å². The molecule has 1 aliphatic rings. The number of rotatable bonds is 6. The van der Waals surface area contributed by atoms with Crippen LogP contribution in [0.1, 0.15) is 41.0 Å². The second-order valence-electron chi connectivity index (χ2n) is 5.99. The standard InChI is InChI=1S/C12H26N2O3S/c1-6-14-18(15,16)8-7-13-10-9-11(2,3)17-12(10,4)5/h10,13-14H,6-9H2,1-5H3. The molecule has 1 saturated heterocycles. The van der Waals surface area contributed by atoms with Gasteiger partial charge in [-0.3, -0.25) is 0 Å². The maximum Gasteiger partial charge on any atom is 0.212 e. The van der Waals surface area contributed by atoms with Gasteiger partial charge < -0.3 is 10.1 Å². The van der Waals surface area contributed by atoms with Crippen LogP contribution >= 0.6 is 0 Å². The fraction of sp³-hybridized carbons (Fsp3) is 1.00. The van der Waals surface area contributed by atoms with E-state index in [1.165, 1.54) is 0 Å². The molecule has 1 atom stereocenters. The van der Waals surface area contributed by atoms with Crippen molar-refractivity contribution in [2.75, 3.05) is 18.8 Å². The van der Waals surface area contributed by atoms with Gasteiger partial charge in [0, 0.05) is 19.1 Å². The van der Waals surface area contributed by atoms with Gasteiger partial charge in [0.05, 0.1) is 17.0 Å². The van der Waals surface area contributed by atoms with Crippen LogP contribution < -0.4 is 10.0 Å². The molecule has 0 spiro atoms. The summed E-state index contributed by atoms with van der Waals surface area (Å²) in [5.74, 6) is 0.105. The largest absolute Gasteiger partial charge is 0.368 e. The topological polar surface area (TPSA) is 67.4 Å². The molecular formula is C12H26N2O3S. The lowest BCUT2D eigenvalue weighted by molar-refractivity contribution is -0.0696. The van der Waals surface area contributed by atoms with Gasteiger partial charge in [-0.1, -0.05) is 6.92 Å². The molecule has 1 heterocycles. The van der Waals surface area contributed by atoms with E-state index in [9.17, 15) is 8.42 Å². The molecule has 108 valence electrons. The molecule has 18 heavy (non-hydrogen) atoms. The van der Waals surface area contributed by atoms with Crippen LogP contribution in [0.4, 0.5) is 0 Å². The Morgan fingerprint density at radius 2 is 1.89 bits per heavy atom. The summed E-state index contributed by atoms with van der Waals surface area (Å²) in [6.07, 6.45) is 0.890. The summed E-state index contributed by atoms with van der Waals surface area (Å²) in [5, 5.41) is 3.30. The zero-order valence-corrected chi connectivity index (χ0v) is 12.9. The van der Waals surface area contributed by atoms with Gasteiger partial charge in [-0.2, -0.15) is 0 Å². The minimum atomic E-state index is -3.14. The van der Waals surface area contributed by atoms with Gasteiger partial charge in [-0.15, -0.1) is 0 Å². The Morgan fingerprint density at radius 1 is 1.28 bits per heavy atom. The highest BCUT2D eigenvalue weighted by Gasteiger charge is 2.45. The highest BCUT2D eigenvalue weighted by molar-refractivity contribution is 7.89. The number of nitrogens with one attached hydrogen (secondary N) is 2. The number of sulfonamides is 1. The van der Waals surface area contributed by atoms with Crippen molar-refractivity contribution in [2.24, 2.45) is 0 Å². The van der Waals surface area contributed by atoms with Crippen molar-refractivity contribution >= 4 is 10.0 Å². The van der Waals surface area contributed by atoms with E-state index in [1.807, 2.05) is 13.8 Å². The Balaban J connectivity index is 2.45. The number of ether oxygens (including phenoxy) is 1. The van der Waals surface area contributed by atoms with E-state index < -0.39 is 10.0 Å². The molecule has 0 saturated carbocycles. The molecule has 0 aliphatic carbocycles. The van der Waals surface area contributed by atoms with Crippen molar-refractivity contribution in [1.29, 1.82) is 0 Å². The van der Waals surface area contributed by atoms with Crippen molar-refractivity contribution in [2.45, 2.75) is 58.3 Å². The Morgan fingerprint density at radius 3 is 2.33 bits per heavy atom.